The van der Waals surface area contributed by atoms with E-state index in [2.05, 4.69) is 34.9 Å². The van der Waals surface area contributed by atoms with Crippen LogP contribution >= 0.6 is 0 Å². The number of anilines is 1. The summed E-state index contributed by atoms with van der Waals surface area (Å²) >= 11 is 0. The molecule has 3 rings (SSSR count). The van der Waals surface area contributed by atoms with Crippen molar-refractivity contribution in [1.82, 2.24) is 9.80 Å². The maximum atomic E-state index is 5.88. The number of hydrogen-bond acceptors (Lipinski definition) is 3. The highest BCUT2D eigenvalue weighted by molar-refractivity contribution is 5.40. The minimum Gasteiger partial charge on any atom is -0.399 e. The summed E-state index contributed by atoms with van der Waals surface area (Å²) in [4.78, 5) is 5.32. The van der Waals surface area contributed by atoms with E-state index < -0.39 is 0 Å². The van der Waals surface area contributed by atoms with Crippen molar-refractivity contribution in [3.8, 4) is 0 Å². The third kappa shape index (κ3) is 2.93. The van der Waals surface area contributed by atoms with Gasteiger partial charge in [-0.25, -0.2) is 0 Å². The van der Waals surface area contributed by atoms with E-state index in [4.69, 9.17) is 5.73 Å². The molecule has 2 saturated heterocycles. The first-order valence-corrected chi connectivity index (χ1v) is 7.55. The highest BCUT2D eigenvalue weighted by atomic mass is 15.3. The van der Waals surface area contributed by atoms with Gasteiger partial charge in [0.05, 0.1) is 0 Å². The quantitative estimate of drug-likeness (QED) is 0.827. The van der Waals surface area contributed by atoms with E-state index in [0.717, 1.165) is 18.3 Å². The molecular weight excluding hydrogens is 234 g/mol. The summed E-state index contributed by atoms with van der Waals surface area (Å²) in [5, 5.41) is 0. The van der Waals surface area contributed by atoms with Crippen LogP contribution in [-0.4, -0.2) is 41.5 Å². The Morgan fingerprint density at radius 2 is 2.16 bits per heavy atom. The van der Waals surface area contributed by atoms with Crippen LogP contribution in [0.15, 0.2) is 24.3 Å². The predicted octanol–water partition coefficient (Wildman–Crippen LogP) is 2.33. The largest absolute Gasteiger partial charge is 0.399 e. The van der Waals surface area contributed by atoms with E-state index >= 15 is 0 Å². The topological polar surface area (TPSA) is 32.5 Å². The van der Waals surface area contributed by atoms with Crippen LogP contribution in [0.3, 0.4) is 0 Å². The normalized spacial score (nSPS) is 29.1. The number of nitrogens with two attached hydrogens (primary N) is 1. The van der Waals surface area contributed by atoms with Crippen molar-refractivity contribution in [3.05, 3.63) is 29.8 Å². The van der Waals surface area contributed by atoms with Crippen LogP contribution < -0.4 is 5.73 Å². The van der Waals surface area contributed by atoms with Gasteiger partial charge in [-0.05, 0) is 44.0 Å². The number of nitrogens with zero attached hydrogens (tertiary/aromatic N) is 2. The summed E-state index contributed by atoms with van der Waals surface area (Å²) in [5.74, 6) is 0. The standard InChI is InChI=1S/C16H25N3/c1-13-10-18-8-3-2-7-16(18)12-19(13)11-14-5-4-6-15(17)9-14/h4-6,9,13,16H,2-3,7-8,10-12,17H2,1H3. The lowest BCUT2D eigenvalue weighted by molar-refractivity contribution is 0.0111. The van der Waals surface area contributed by atoms with Crippen LogP contribution in [-0.2, 0) is 6.54 Å². The zero-order valence-electron chi connectivity index (χ0n) is 11.9. The molecule has 3 nitrogen and oxygen atoms in total. The molecular formula is C16H25N3. The molecule has 0 radical (unpaired) electrons. The smallest absolute Gasteiger partial charge is 0.0317 e. The lowest BCUT2D eigenvalue weighted by atomic mass is 9.96. The fraction of sp³-hybridized carbons (Fsp3) is 0.625. The van der Waals surface area contributed by atoms with Crippen LogP contribution in [0.4, 0.5) is 5.69 Å². The fourth-order valence-electron chi connectivity index (χ4n) is 3.56. The second kappa shape index (κ2) is 5.51. The van der Waals surface area contributed by atoms with Gasteiger partial charge in [-0.15, -0.1) is 0 Å². The molecule has 2 atom stereocenters. The molecule has 104 valence electrons. The number of benzene rings is 1. The van der Waals surface area contributed by atoms with Gasteiger partial charge in [0.2, 0.25) is 0 Å². The van der Waals surface area contributed by atoms with Gasteiger partial charge in [0.15, 0.2) is 0 Å². The average Bonchev–Trinajstić information content (AvgIpc) is 2.40. The second-order valence-electron chi connectivity index (χ2n) is 6.17. The fourth-order valence-corrected chi connectivity index (χ4v) is 3.56. The van der Waals surface area contributed by atoms with Gasteiger partial charge in [0.1, 0.15) is 0 Å². The highest BCUT2D eigenvalue weighted by Crippen LogP contribution is 2.25. The van der Waals surface area contributed by atoms with Crippen molar-refractivity contribution in [2.45, 2.75) is 44.8 Å². The number of rotatable bonds is 2. The van der Waals surface area contributed by atoms with E-state index in [1.54, 1.807) is 0 Å². The molecule has 1 aromatic carbocycles. The van der Waals surface area contributed by atoms with Crippen LogP contribution in [0.1, 0.15) is 31.7 Å². The molecule has 2 aliphatic heterocycles. The lowest BCUT2D eigenvalue weighted by Crippen LogP contribution is -2.58. The van der Waals surface area contributed by atoms with Crippen LogP contribution in [0.2, 0.25) is 0 Å². The minimum atomic E-state index is 0.649. The Labute approximate surface area is 116 Å². The van der Waals surface area contributed by atoms with Gasteiger partial charge < -0.3 is 5.73 Å². The molecule has 2 unspecified atom stereocenters. The Morgan fingerprint density at radius 1 is 1.26 bits per heavy atom. The zero-order chi connectivity index (χ0) is 13.2. The van der Waals surface area contributed by atoms with E-state index in [0.29, 0.717) is 6.04 Å². The summed E-state index contributed by atoms with van der Waals surface area (Å²) in [6.07, 6.45) is 4.17. The first kappa shape index (κ1) is 12.9. The predicted molar refractivity (Wildman–Crippen MR) is 79.9 cm³/mol. The van der Waals surface area contributed by atoms with E-state index in [9.17, 15) is 0 Å². The molecule has 3 heteroatoms. The van der Waals surface area contributed by atoms with Crippen LogP contribution in [0.5, 0.6) is 0 Å². The zero-order valence-corrected chi connectivity index (χ0v) is 11.9. The van der Waals surface area contributed by atoms with Crippen molar-refractivity contribution >= 4 is 5.69 Å². The van der Waals surface area contributed by atoms with Crippen molar-refractivity contribution in [1.29, 1.82) is 0 Å². The van der Waals surface area contributed by atoms with Crippen LogP contribution in [0, 0.1) is 0 Å². The molecule has 2 heterocycles. The first-order valence-electron chi connectivity index (χ1n) is 7.55. The number of hydrogen-bond donors (Lipinski definition) is 1. The Morgan fingerprint density at radius 3 is 3.00 bits per heavy atom. The average molecular weight is 259 g/mol. The monoisotopic (exact) mass is 259 g/mol. The summed E-state index contributed by atoms with van der Waals surface area (Å²) < 4.78 is 0. The van der Waals surface area contributed by atoms with Gasteiger partial charge in [-0.1, -0.05) is 18.6 Å². The van der Waals surface area contributed by atoms with Gasteiger partial charge in [0, 0.05) is 37.4 Å². The maximum Gasteiger partial charge on any atom is 0.0317 e. The van der Waals surface area contributed by atoms with Crippen molar-refractivity contribution in [3.63, 3.8) is 0 Å². The van der Waals surface area contributed by atoms with Crippen molar-refractivity contribution < 1.29 is 0 Å². The summed E-state index contributed by atoms with van der Waals surface area (Å²) in [6, 6.07) is 9.76. The highest BCUT2D eigenvalue weighted by Gasteiger charge is 2.32. The number of nitrogen functional groups attached to an aromatic ring is 1. The van der Waals surface area contributed by atoms with Gasteiger partial charge >= 0.3 is 0 Å². The first-order chi connectivity index (χ1) is 9.22. The molecule has 0 amide bonds. The van der Waals surface area contributed by atoms with Crippen LogP contribution in [0.25, 0.3) is 0 Å². The summed E-state index contributed by atoms with van der Waals surface area (Å²) in [6.45, 7) is 7.15. The van der Waals surface area contributed by atoms with Crippen molar-refractivity contribution in [2.75, 3.05) is 25.4 Å². The molecule has 0 aromatic heterocycles. The number of piperazine rings is 1. The molecule has 0 aliphatic carbocycles. The minimum absolute atomic E-state index is 0.649. The Hall–Kier alpha value is -1.06. The SMILES string of the molecule is CC1CN2CCCCC2CN1Cc1cccc(N)c1. The number of fused-ring (bicyclic) bond motifs is 1. The Kier molecular flexibility index (Phi) is 3.76. The van der Waals surface area contributed by atoms with Gasteiger partial charge in [0.25, 0.3) is 0 Å². The van der Waals surface area contributed by atoms with E-state index in [1.165, 1.54) is 44.5 Å². The van der Waals surface area contributed by atoms with E-state index in [-0.39, 0.29) is 0 Å². The van der Waals surface area contributed by atoms with Gasteiger partial charge in [-0.3, -0.25) is 9.80 Å². The number of piperidine rings is 1. The molecule has 2 aliphatic rings. The molecule has 0 spiro atoms. The second-order valence-corrected chi connectivity index (χ2v) is 6.17. The summed E-state index contributed by atoms with van der Waals surface area (Å²) in [7, 11) is 0. The van der Waals surface area contributed by atoms with Crippen molar-refractivity contribution in [2.24, 2.45) is 0 Å². The summed E-state index contributed by atoms with van der Waals surface area (Å²) in [5.41, 5.74) is 8.10. The Balaban J connectivity index is 1.67. The van der Waals surface area contributed by atoms with E-state index in [1.807, 2.05) is 6.07 Å². The molecule has 1 aromatic rings. The molecule has 2 N–H and O–H groups in total. The third-order valence-corrected chi connectivity index (χ3v) is 4.65. The maximum absolute atomic E-state index is 5.88. The molecule has 2 fully saturated rings. The Bertz CT molecular complexity index is 432. The molecule has 19 heavy (non-hydrogen) atoms. The van der Waals surface area contributed by atoms with Gasteiger partial charge in [-0.2, -0.15) is 0 Å². The molecule has 0 bridgehead atoms. The third-order valence-electron chi connectivity index (χ3n) is 4.65. The molecule has 0 saturated carbocycles. The lowest BCUT2D eigenvalue weighted by Gasteiger charge is -2.47.